The predicted octanol–water partition coefficient (Wildman–Crippen LogP) is 1.06. The number of hydrogen-bond acceptors (Lipinski definition) is 6. The zero-order valence-electron chi connectivity index (χ0n) is 10.4. The van der Waals surface area contributed by atoms with Crippen molar-refractivity contribution in [1.29, 1.82) is 0 Å². The topological polar surface area (TPSA) is 158 Å². The summed E-state index contributed by atoms with van der Waals surface area (Å²) in [6.45, 7) is 0. The summed E-state index contributed by atoms with van der Waals surface area (Å²) in [6.07, 6.45) is 1.59. The number of nitrogens with one attached hydrogen (secondary N) is 1. The summed E-state index contributed by atoms with van der Waals surface area (Å²) in [5, 5.41) is 16.1. The summed E-state index contributed by atoms with van der Waals surface area (Å²) < 4.78 is 31.6. The van der Waals surface area contributed by atoms with Crippen LogP contribution in [0.2, 0.25) is 5.02 Å². The molecule has 1 rings (SSSR count). The van der Waals surface area contributed by atoms with Crippen molar-refractivity contribution < 1.29 is 22.7 Å². The van der Waals surface area contributed by atoms with Crippen LogP contribution < -0.4 is 11.2 Å². The lowest BCUT2D eigenvalue weighted by Crippen LogP contribution is -2.27. The maximum Gasteiger partial charge on any atom is 0.394 e. The Morgan fingerprint density at radius 2 is 1.90 bits per heavy atom. The predicted molar refractivity (Wildman–Crippen MR) is 81.4 cm³/mol. The Morgan fingerprint density at radius 3 is 2.38 bits per heavy atom. The SMILES string of the molecule is N/C(=N/N=C/CSc1ccc(Cl)cc1)NO.O=S(=O)(O)O. The molecule has 0 fully saturated rings. The molecule has 21 heavy (non-hydrogen) atoms. The van der Waals surface area contributed by atoms with Crippen LogP contribution in [0.25, 0.3) is 0 Å². The number of halogens is 1. The van der Waals surface area contributed by atoms with E-state index in [1.54, 1.807) is 23.5 Å². The van der Waals surface area contributed by atoms with Gasteiger partial charge in [0.15, 0.2) is 0 Å². The van der Waals surface area contributed by atoms with Crippen molar-refractivity contribution in [3.63, 3.8) is 0 Å². The summed E-state index contributed by atoms with van der Waals surface area (Å²) >= 11 is 7.34. The second kappa shape index (κ2) is 10.4. The third kappa shape index (κ3) is 14.8. The van der Waals surface area contributed by atoms with Gasteiger partial charge in [0, 0.05) is 21.9 Å². The molecule has 0 saturated heterocycles. The van der Waals surface area contributed by atoms with E-state index in [1.165, 1.54) is 0 Å². The number of thioether (sulfide) groups is 1. The van der Waals surface area contributed by atoms with Crippen LogP contribution in [0.15, 0.2) is 39.4 Å². The standard InChI is InChI=1S/C9H11ClN4OS.H2O4S/c10-7-1-3-8(4-2-7)16-6-5-12-13-9(11)14-15;1-5(2,3)4/h1-5,15H,6H2,(H3,11,13,14);(H2,1,2,3,4)/b12-5+;. The van der Waals surface area contributed by atoms with Gasteiger partial charge in [-0.15, -0.1) is 16.9 Å². The van der Waals surface area contributed by atoms with E-state index < -0.39 is 10.4 Å². The largest absolute Gasteiger partial charge is 0.394 e. The van der Waals surface area contributed by atoms with Crippen molar-refractivity contribution in [2.24, 2.45) is 15.9 Å². The molecule has 0 aliphatic heterocycles. The Morgan fingerprint density at radius 1 is 1.38 bits per heavy atom. The van der Waals surface area contributed by atoms with Gasteiger partial charge in [-0.25, -0.2) is 5.48 Å². The third-order valence-corrected chi connectivity index (χ3v) is 2.67. The first-order valence-corrected chi connectivity index (χ1v) is 7.81. The number of nitrogens with zero attached hydrogens (tertiary/aromatic N) is 2. The van der Waals surface area contributed by atoms with Gasteiger partial charge in [0.2, 0.25) is 5.96 Å². The molecule has 0 radical (unpaired) electrons. The van der Waals surface area contributed by atoms with Crippen LogP contribution in [0, 0.1) is 0 Å². The molecule has 0 aliphatic rings. The van der Waals surface area contributed by atoms with Crippen LogP contribution in [-0.2, 0) is 10.4 Å². The molecule has 118 valence electrons. The van der Waals surface area contributed by atoms with Crippen molar-refractivity contribution in [3.05, 3.63) is 29.3 Å². The average molecular weight is 357 g/mol. The molecule has 1 aromatic carbocycles. The van der Waals surface area contributed by atoms with E-state index >= 15 is 0 Å². The first-order chi connectivity index (χ1) is 9.72. The van der Waals surface area contributed by atoms with Crippen molar-refractivity contribution in [3.8, 4) is 0 Å². The van der Waals surface area contributed by atoms with E-state index in [2.05, 4.69) is 10.2 Å². The number of nitrogens with two attached hydrogens (primary N) is 1. The normalized spacial score (nSPS) is 11.9. The number of rotatable bonds is 4. The molecule has 0 spiro atoms. The quantitative estimate of drug-likeness (QED) is 0.176. The van der Waals surface area contributed by atoms with E-state index in [4.69, 9.17) is 40.1 Å². The highest BCUT2D eigenvalue weighted by molar-refractivity contribution is 7.99. The summed E-state index contributed by atoms with van der Waals surface area (Å²) in [6, 6.07) is 7.50. The molecule has 1 aromatic rings. The highest BCUT2D eigenvalue weighted by atomic mass is 35.5. The van der Waals surface area contributed by atoms with Crippen LogP contribution >= 0.6 is 23.4 Å². The van der Waals surface area contributed by atoms with Gasteiger partial charge in [-0.2, -0.15) is 13.5 Å². The van der Waals surface area contributed by atoms with E-state index in [9.17, 15) is 0 Å². The molecule has 0 heterocycles. The molecule has 0 amide bonds. The van der Waals surface area contributed by atoms with Gasteiger partial charge < -0.3 is 5.73 Å². The molecule has 9 nitrogen and oxygen atoms in total. The second-order valence-electron chi connectivity index (χ2n) is 3.11. The van der Waals surface area contributed by atoms with Crippen LogP contribution in [0.4, 0.5) is 0 Å². The van der Waals surface area contributed by atoms with Gasteiger partial charge in [-0.1, -0.05) is 11.6 Å². The first-order valence-electron chi connectivity index (χ1n) is 5.05. The average Bonchev–Trinajstić information content (AvgIpc) is 2.38. The molecule has 0 bridgehead atoms. The van der Waals surface area contributed by atoms with Gasteiger partial charge in [0.25, 0.3) is 0 Å². The van der Waals surface area contributed by atoms with E-state index in [0.29, 0.717) is 10.8 Å². The van der Waals surface area contributed by atoms with Crippen LogP contribution in [0.3, 0.4) is 0 Å². The first kappa shape index (κ1) is 19.6. The van der Waals surface area contributed by atoms with E-state index in [-0.39, 0.29) is 5.96 Å². The fourth-order valence-corrected chi connectivity index (χ4v) is 1.61. The summed E-state index contributed by atoms with van der Waals surface area (Å²) in [4.78, 5) is 1.09. The van der Waals surface area contributed by atoms with E-state index in [1.807, 2.05) is 24.3 Å². The van der Waals surface area contributed by atoms with Gasteiger partial charge in [0.1, 0.15) is 0 Å². The molecule has 6 N–H and O–H groups in total. The van der Waals surface area contributed by atoms with E-state index in [0.717, 1.165) is 4.90 Å². The smallest absolute Gasteiger partial charge is 0.367 e. The van der Waals surface area contributed by atoms with Crippen molar-refractivity contribution in [2.75, 3.05) is 5.75 Å². The van der Waals surface area contributed by atoms with Crippen molar-refractivity contribution in [2.45, 2.75) is 4.90 Å². The van der Waals surface area contributed by atoms with Crippen molar-refractivity contribution >= 4 is 45.9 Å². The third-order valence-electron chi connectivity index (χ3n) is 1.50. The van der Waals surface area contributed by atoms with Crippen LogP contribution in [0.5, 0.6) is 0 Å². The minimum atomic E-state index is -4.67. The molecular formula is C9H13ClN4O5S2. The Kier molecular flexibility index (Phi) is 9.69. The number of hydrogen-bond donors (Lipinski definition) is 5. The molecule has 0 aliphatic carbocycles. The molecule has 0 atom stereocenters. The summed E-state index contributed by atoms with van der Waals surface area (Å²) in [5.74, 6) is 0.511. The summed E-state index contributed by atoms with van der Waals surface area (Å²) in [5.41, 5.74) is 6.81. The Balaban J connectivity index is 0.000000690. The van der Waals surface area contributed by atoms with Crippen LogP contribution in [-0.4, -0.2) is 40.7 Å². The fourth-order valence-electron chi connectivity index (χ4n) is 0.823. The minimum Gasteiger partial charge on any atom is -0.367 e. The van der Waals surface area contributed by atoms with Gasteiger partial charge >= 0.3 is 10.4 Å². The van der Waals surface area contributed by atoms with Gasteiger partial charge in [-0.3, -0.25) is 14.3 Å². The maximum absolute atomic E-state index is 8.74. The Hall–Kier alpha value is -1.37. The van der Waals surface area contributed by atoms with Gasteiger partial charge in [0.05, 0.1) is 0 Å². The van der Waals surface area contributed by atoms with Crippen LogP contribution in [0.1, 0.15) is 0 Å². The number of hydroxylamine groups is 1. The van der Waals surface area contributed by atoms with Gasteiger partial charge in [-0.05, 0) is 24.3 Å². The lowest BCUT2D eigenvalue weighted by Gasteiger charge is -1.96. The van der Waals surface area contributed by atoms with Crippen molar-refractivity contribution in [1.82, 2.24) is 5.48 Å². The highest BCUT2D eigenvalue weighted by Crippen LogP contribution is 2.19. The molecule has 0 aromatic heterocycles. The zero-order chi connectivity index (χ0) is 16.3. The minimum absolute atomic E-state index is 0.146. The monoisotopic (exact) mass is 356 g/mol. The summed E-state index contributed by atoms with van der Waals surface area (Å²) in [7, 11) is -4.67. The molecule has 12 heteroatoms. The molecule has 0 saturated carbocycles. The highest BCUT2D eigenvalue weighted by Gasteiger charge is 1.92. The maximum atomic E-state index is 8.74. The Labute approximate surface area is 130 Å². The molecular weight excluding hydrogens is 344 g/mol. The zero-order valence-corrected chi connectivity index (χ0v) is 12.8. The number of benzene rings is 1. The Bertz CT molecular complexity index is 568. The lowest BCUT2D eigenvalue weighted by molar-refractivity contribution is 0.232. The number of guanidine groups is 1. The molecule has 0 unspecified atom stereocenters. The lowest BCUT2D eigenvalue weighted by atomic mass is 10.4. The second-order valence-corrected chi connectivity index (χ2v) is 5.53. The fraction of sp³-hybridized carbons (Fsp3) is 0.111.